The maximum Gasteiger partial charge on any atom is 0.252 e. The lowest BCUT2D eigenvalue weighted by atomic mass is 10.1. The van der Waals surface area contributed by atoms with Gasteiger partial charge >= 0.3 is 0 Å². The summed E-state index contributed by atoms with van der Waals surface area (Å²) in [6.45, 7) is 6.19. The zero-order valence-corrected chi connectivity index (χ0v) is 19.2. The van der Waals surface area contributed by atoms with Gasteiger partial charge in [-0.3, -0.25) is 9.36 Å². The van der Waals surface area contributed by atoms with E-state index in [1.807, 2.05) is 34.9 Å². The Balaban J connectivity index is 1.99. The quantitative estimate of drug-likeness (QED) is 0.605. The predicted molar refractivity (Wildman–Crippen MR) is 128 cm³/mol. The van der Waals surface area contributed by atoms with E-state index in [0.717, 1.165) is 55.4 Å². The van der Waals surface area contributed by atoms with Gasteiger partial charge in [-0.25, -0.2) is 4.98 Å². The molecule has 1 aliphatic heterocycles. The van der Waals surface area contributed by atoms with E-state index in [1.165, 1.54) is 0 Å². The van der Waals surface area contributed by atoms with E-state index in [2.05, 4.69) is 31.1 Å². The normalized spacial score (nSPS) is 15.0. The molecule has 164 valence electrons. The highest BCUT2D eigenvalue weighted by atomic mass is 35.5. The van der Waals surface area contributed by atoms with Crippen LogP contribution < -0.4 is 15.8 Å². The van der Waals surface area contributed by atoms with Gasteiger partial charge in [-0.05, 0) is 50.9 Å². The zero-order valence-electron chi connectivity index (χ0n) is 18.4. The molecule has 0 unspecified atom stereocenters. The number of hydrogen-bond acceptors (Lipinski definition) is 5. The van der Waals surface area contributed by atoms with Crippen LogP contribution in [0.3, 0.4) is 0 Å². The minimum Gasteiger partial charge on any atom is -0.341 e. The van der Waals surface area contributed by atoms with Crippen molar-refractivity contribution in [3.05, 3.63) is 51.8 Å². The van der Waals surface area contributed by atoms with Gasteiger partial charge in [-0.2, -0.15) is 4.98 Å². The molecule has 0 aliphatic carbocycles. The summed E-state index contributed by atoms with van der Waals surface area (Å²) in [4.78, 5) is 25.0. The van der Waals surface area contributed by atoms with Crippen molar-refractivity contribution < 1.29 is 0 Å². The molecular formula is C24H30ClN5O. The zero-order chi connectivity index (χ0) is 22.0. The number of piperidine rings is 1. The molecule has 0 amide bonds. The molecule has 7 heteroatoms. The van der Waals surface area contributed by atoms with Crippen molar-refractivity contribution in [2.75, 3.05) is 25.0 Å². The molecular weight excluding hydrogens is 410 g/mol. The highest BCUT2D eigenvalue weighted by molar-refractivity contribution is 6.33. The van der Waals surface area contributed by atoms with E-state index in [4.69, 9.17) is 21.6 Å². The van der Waals surface area contributed by atoms with Crippen LogP contribution in [-0.4, -0.2) is 40.7 Å². The van der Waals surface area contributed by atoms with Gasteiger partial charge < -0.3 is 10.2 Å². The summed E-state index contributed by atoms with van der Waals surface area (Å²) in [5.41, 5.74) is 2.28. The molecule has 1 aliphatic rings. The molecule has 0 saturated carbocycles. The highest BCUT2D eigenvalue weighted by Gasteiger charge is 2.24. The van der Waals surface area contributed by atoms with Crippen LogP contribution in [0.4, 0.5) is 5.95 Å². The van der Waals surface area contributed by atoms with Gasteiger partial charge in [0, 0.05) is 41.2 Å². The van der Waals surface area contributed by atoms with Gasteiger partial charge in [0.25, 0.3) is 5.56 Å². The van der Waals surface area contributed by atoms with Crippen LogP contribution in [-0.2, 0) is 0 Å². The smallest absolute Gasteiger partial charge is 0.252 e. The third-order valence-corrected chi connectivity index (χ3v) is 6.71. The molecule has 1 saturated heterocycles. The Morgan fingerprint density at radius 3 is 2.52 bits per heavy atom. The highest BCUT2D eigenvalue weighted by Crippen LogP contribution is 2.34. The molecule has 1 fully saturated rings. The number of benzene rings is 1. The van der Waals surface area contributed by atoms with Crippen molar-refractivity contribution in [2.45, 2.75) is 51.6 Å². The van der Waals surface area contributed by atoms with Crippen molar-refractivity contribution in [1.29, 1.82) is 0 Å². The van der Waals surface area contributed by atoms with E-state index < -0.39 is 0 Å². The minimum absolute atomic E-state index is 0.0273. The lowest BCUT2D eigenvalue weighted by Crippen LogP contribution is -2.42. The van der Waals surface area contributed by atoms with Crippen LogP contribution in [0.25, 0.3) is 22.3 Å². The first-order chi connectivity index (χ1) is 15.0. The van der Waals surface area contributed by atoms with Gasteiger partial charge in [0.1, 0.15) is 5.65 Å². The molecule has 0 radical (unpaired) electrons. The standard InChI is InChI=1S/C24H30ClN5O/c1-4-16(5-2)30-21(31)11-10-19-22(18-8-6-7-9-20(18)25)27-24(28-23(19)30)29(3)17-12-14-26-15-13-17/h6-11,16-17,26H,4-5,12-15H2,1-3H3. The Labute approximate surface area is 188 Å². The van der Waals surface area contributed by atoms with Gasteiger partial charge in [0.2, 0.25) is 5.95 Å². The van der Waals surface area contributed by atoms with Crippen LogP contribution in [0.5, 0.6) is 0 Å². The Hall–Kier alpha value is -2.44. The average Bonchev–Trinajstić information content (AvgIpc) is 2.81. The topological polar surface area (TPSA) is 63.1 Å². The second kappa shape index (κ2) is 9.37. The van der Waals surface area contributed by atoms with Crippen molar-refractivity contribution in [3.8, 4) is 11.3 Å². The first kappa shape index (κ1) is 21.8. The van der Waals surface area contributed by atoms with Crippen molar-refractivity contribution in [2.24, 2.45) is 0 Å². The molecule has 0 spiro atoms. The number of fused-ring (bicyclic) bond motifs is 1. The summed E-state index contributed by atoms with van der Waals surface area (Å²) in [7, 11) is 2.05. The number of aromatic nitrogens is 3. The lowest BCUT2D eigenvalue weighted by Gasteiger charge is -2.32. The van der Waals surface area contributed by atoms with Crippen LogP contribution in [0, 0.1) is 0 Å². The number of pyridine rings is 1. The average molecular weight is 440 g/mol. The number of nitrogens with zero attached hydrogens (tertiary/aromatic N) is 4. The summed E-state index contributed by atoms with van der Waals surface area (Å²) in [6.07, 6.45) is 3.79. The van der Waals surface area contributed by atoms with Gasteiger partial charge in [-0.1, -0.05) is 43.6 Å². The Kier molecular flexibility index (Phi) is 6.58. The molecule has 1 N–H and O–H groups in total. The molecule has 0 atom stereocenters. The molecule has 1 aromatic carbocycles. The number of rotatable bonds is 6. The third-order valence-electron chi connectivity index (χ3n) is 6.38. The Morgan fingerprint density at radius 2 is 1.84 bits per heavy atom. The fourth-order valence-corrected chi connectivity index (χ4v) is 4.73. The van der Waals surface area contributed by atoms with Gasteiger partial charge in [0.05, 0.1) is 5.69 Å². The fraction of sp³-hybridized carbons (Fsp3) is 0.458. The molecule has 0 bridgehead atoms. The Morgan fingerprint density at radius 1 is 1.13 bits per heavy atom. The molecule has 3 aromatic rings. The van der Waals surface area contributed by atoms with E-state index in [1.54, 1.807) is 6.07 Å². The number of anilines is 1. The molecule has 4 rings (SSSR count). The monoisotopic (exact) mass is 439 g/mol. The summed E-state index contributed by atoms with van der Waals surface area (Å²) in [5, 5.41) is 4.90. The summed E-state index contributed by atoms with van der Waals surface area (Å²) in [6, 6.07) is 11.6. The number of hydrogen-bond donors (Lipinski definition) is 1. The van der Waals surface area contributed by atoms with Crippen molar-refractivity contribution in [3.63, 3.8) is 0 Å². The first-order valence-corrected chi connectivity index (χ1v) is 11.5. The predicted octanol–water partition coefficient (Wildman–Crippen LogP) is 4.66. The first-order valence-electron chi connectivity index (χ1n) is 11.2. The second-order valence-electron chi connectivity index (χ2n) is 8.19. The van der Waals surface area contributed by atoms with Gasteiger partial charge in [0.15, 0.2) is 0 Å². The number of halogens is 1. The molecule has 2 aromatic heterocycles. The third kappa shape index (κ3) is 4.19. The maximum atomic E-state index is 12.9. The fourth-order valence-electron chi connectivity index (χ4n) is 4.50. The maximum absolute atomic E-state index is 12.9. The molecule has 3 heterocycles. The van der Waals surface area contributed by atoms with Crippen LogP contribution in [0.15, 0.2) is 41.2 Å². The summed E-state index contributed by atoms with van der Waals surface area (Å²) >= 11 is 6.58. The van der Waals surface area contributed by atoms with E-state index in [-0.39, 0.29) is 11.6 Å². The van der Waals surface area contributed by atoms with Crippen molar-refractivity contribution >= 4 is 28.6 Å². The van der Waals surface area contributed by atoms with Crippen LogP contribution in [0.1, 0.15) is 45.6 Å². The van der Waals surface area contributed by atoms with E-state index in [9.17, 15) is 4.79 Å². The molecule has 6 nitrogen and oxygen atoms in total. The summed E-state index contributed by atoms with van der Waals surface area (Å²) in [5.74, 6) is 0.639. The second-order valence-corrected chi connectivity index (χ2v) is 8.60. The van der Waals surface area contributed by atoms with Crippen LogP contribution in [0.2, 0.25) is 5.02 Å². The van der Waals surface area contributed by atoms with Crippen molar-refractivity contribution in [1.82, 2.24) is 19.9 Å². The van der Waals surface area contributed by atoms with Crippen LogP contribution >= 0.6 is 11.6 Å². The molecule has 31 heavy (non-hydrogen) atoms. The minimum atomic E-state index is -0.0273. The summed E-state index contributed by atoms with van der Waals surface area (Å²) < 4.78 is 1.84. The Bertz CT molecular complexity index is 1120. The van der Waals surface area contributed by atoms with Gasteiger partial charge in [-0.15, -0.1) is 0 Å². The van der Waals surface area contributed by atoms with E-state index in [0.29, 0.717) is 22.7 Å². The lowest BCUT2D eigenvalue weighted by molar-refractivity contribution is 0.439. The number of nitrogens with one attached hydrogen (secondary N) is 1. The van der Waals surface area contributed by atoms with E-state index >= 15 is 0 Å². The largest absolute Gasteiger partial charge is 0.341 e. The SMILES string of the molecule is CCC(CC)n1c(=O)ccc2c(-c3ccccc3Cl)nc(N(C)C3CCNCC3)nc21.